The maximum Gasteiger partial charge on any atom is 0.243 e. The summed E-state index contributed by atoms with van der Waals surface area (Å²) in [6.45, 7) is -0.0529. The van der Waals surface area contributed by atoms with Crippen molar-refractivity contribution >= 4 is 28.8 Å². The van der Waals surface area contributed by atoms with Gasteiger partial charge in [0.1, 0.15) is 5.75 Å². The van der Waals surface area contributed by atoms with Crippen molar-refractivity contribution in [1.82, 2.24) is 10.3 Å². The number of carbonyl (C=O) groups is 2. The number of nitrogens with one attached hydrogen (secondary N) is 2. The second kappa shape index (κ2) is 9.66. The fourth-order valence-corrected chi connectivity index (χ4v) is 3.34. The fourth-order valence-electron chi connectivity index (χ4n) is 2.53. The van der Waals surface area contributed by atoms with Crippen LogP contribution in [0.3, 0.4) is 0 Å². The fraction of sp³-hybridized carbons (Fsp3) is 0.190. The van der Waals surface area contributed by atoms with E-state index in [-0.39, 0.29) is 24.8 Å². The summed E-state index contributed by atoms with van der Waals surface area (Å²) in [7, 11) is 1.63. The number of hydrogen-bond donors (Lipinski definition) is 2. The third-order valence-electron chi connectivity index (χ3n) is 4.01. The lowest BCUT2D eigenvalue weighted by atomic mass is 10.2. The van der Waals surface area contributed by atoms with Crippen molar-refractivity contribution in [3.8, 4) is 17.0 Å². The van der Waals surface area contributed by atoms with Gasteiger partial charge in [0.2, 0.25) is 11.8 Å². The summed E-state index contributed by atoms with van der Waals surface area (Å²) in [6.07, 6.45) is 0.821. The molecule has 7 heteroatoms. The zero-order chi connectivity index (χ0) is 19.8. The van der Waals surface area contributed by atoms with Gasteiger partial charge in [0.15, 0.2) is 0 Å². The van der Waals surface area contributed by atoms with E-state index in [1.54, 1.807) is 19.2 Å². The molecule has 0 saturated carbocycles. The van der Waals surface area contributed by atoms with E-state index in [0.717, 1.165) is 22.0 Å². The van der Waals surface area contributed by atoms with Crippen molar-refractivity contribution in [1.29, 1.82) is 0 Å². The van der Waals surface area contributed by atoms with Crippen LogP contribution in [-0.4, -0.2) is 30.5 Å². The van der Waals surface area contributed by atoms with Crippen molar-refractivity contribution < 1.29 is 14.3 Å². The molecule has 2 amide bonds. The van der Waals surface area contributed by atoms with Gasteiger partial charge in [-0.05, 0) is 36.4 Å². The molecule has 6 nitrogen and oxygen atoms in total. The number of aromatic nitrogens is 1. The minimum absolute atomic E-state index is 0.0529. The molecule has 0 aliphatic heterocycles. The first kappa shape index (κ1) is 19.6. The van der Waals surface area contributed by atoms with E-state index in [1.165, 1.54) is 11.3 Å². The quantitative estimate of drug-likeness (QED) is 0.612. The topological polar surface area (TPSA) is 80.3 Å². The van der Waals surface area contributed by atoms with Gasteiger partial charge >= 0.3 is 0 Å². The molecule has 0 bridgehead atoms. The van der Waals surface area contributed by atoms with Gasteiger partial charge in [0.25, 0.3) is 0 Å². The summed E-state index contributed by atoms with van der Waals surface area (Å²) in [4.78, 5) is 28.4. The van der Waals surface area contributed by atoms with Crippen LogP contribution in [-0.2, 0) is 16.0 Å². The molecule has 0 unspecified atom stereocenters. The minimum Gasteiger partial charge on any atom is -0.497 e. The lowest BCUT2D eigenvalue weighted by molar-refractivity contribution is -0.124. The van der Waals surface area contributed by atoms with Crippen LogP contribution in [0.25, 0.3) is 11.3 Å². The summed E-state index contributed by atoms with van der Waals surface area (Å²) < 4.78 is 5.16. The van der Waals surface area contributed by atoms with Crippen molar-refractivity contribution in [2.75, 3.05) is 19.0 Å². The zero-order valence-corrected chi connectivity index (χ0v) is 16.3. The van der Waals surface area contributed by atoms with Crippen molar-refractivity contribution in [2.24, 2.45) is 0 Å². The monoisotopic (exact) mass is 395 g/mol. The number of benzene rings is 2. The van der Waals surface area contributed by atoms with Gasteiger partial charge < -0.3 is 15.4 Å². The number of carbonyl (C=O) groups excluding carboxylic acids is 2. The number of rotatable bonds is 8. The molecule has 0 saturated heterocycles. The number of methoxy groups -OCH3 is 1. The molecular formula is C21H21N3O3S. The van der Waals surface area contributed by atoms with Gasteiger partial charge in [0, 0.05) is 29.5 Å². The Morgan fingerprint density at radius 1 is 1.04 bits per heavy atom. The van der Waals surface area contributed by atoms with Gasteiger partial charge in [-0.3, -0.25) is 9.59 Å². The highest BCUT2D eigenvalue weighted by molar-refractivity contribution is 7.09. The Labute approximate surface area is 167 Å². The summed E-state index contributed by atoms with van der Waals surface area (Å²) in [5, 5.41) is 8.22. The highest BCUT2D eigenvalue weighted by atomic mass is 32.1. The first-order valence-corrected chi connectivity index (χ1v) is 9.72. The second-order valence-corrected chi connectivity index (χ2v) is 6.99. The van der Waals surface area contributed by atoms with Crippen LogP contribution in [0.5, 0.6) is 5.75 Å². The van der Waals surface area contributed by atoms with Crippen LogP contribution in [0.15, 0.2) is 60.0 Å². The van der Waals surface area contributed by atoms with Crippen LogP contribution in [0.4, 0.5) is 5.69 Å². The molecule has 0 fully saturated rings. The maximum atomic E-state index is 12.0. The largest absolute Gasteiger partial charge is 0.497 e. The smallest absolute Gasteiger partial charge is 0.243 e. The molecule has 1 heterocycles. The predicted molar refractivity (Wildman–Crippen MR) is 111 cm³/mol. The molecule has 0 radical (unpaired) electrons. The van der Waals surface area contributed by atoms with Crippen LogP contribution in [0.2, 0.25) is 0 Å². The van der Waals surface area contributed by atoms with Crippen LogP contribution >= 0.6 is 11.3 Å². The Morgan fingerprint density at radius 3 is 2.50 bits per heavy atom. The van der Waals surface area contributed by atoms with Crippen molar-refractivity contribution in [2.45, 2.75) is 12.8 Å². The van der Waals surface area contributed by atoms with E-state index >= 15 is 0 Å². The first-order chi connectivity index (χ1) is 13.6. The Hall–Kier alpha value is -3.19. The molecule has 0 spiro atoms. The molecule has 3 aromatic rings. The number of ether oxygens (including phenoxy) is 1. The van der Waals surface area contributed by atoms with Gasteiger partial charge in [-0.1, -0.05) is 18.2 Å². The van der Waals surface area contributed by atoms with E-state index in [4.69, 9.17) is 4.74 Å². The molecule has 0 atom stereocenters. The molecule has 2 N–H and O–H groups in total. The first-order valence-electron chi connectivity index (χ1n) is 8.84. The van der Waals surface area contributed by atoms with Gasteiger partial charge in [0.05, 0.1) is 24.4 Å². The maximum absolute atomic E-state index is 12.0. The van der Waals surface area contributed by atoms with Crippen LogP contribution in [0, 0.1) is 0 Å². The lowest BCUT2D eigenvalue weighted by Gasteiger charge is -2.06. The minimum atomic E-state index is -0.254. The zero-order valence-electron chi connectivity index (χ0n) is 15.5. The van der Waals surface area contributed by atoms with E-state index in [1.807, 2.05) is 47.8 Å². The van der Waals surface area contributed by atoms with Crippen LogP contribution < -0.4 is 15.4 Å². The number of amides is 2. The van der Waals surface area contributed by atoms with E-state index in [0.29, 0.717) is 12.1 Å². The molecule has 2 aromatic carbocycles. The molecule has 144 valence electrons. The SMILES string of the molecule is COc1ccc(-c2csc(CCC(=O)NCC(=O)Nc3ccccc3)n2)cc1. The van der Waals surface area contributed by atoms with E-state index in [2.05, 4.69) is 15.6 Å². The van der Waals surface area contributed by atoms with Crippen molar-refractivity contribution in [3.63, 3.8) is 0 Å². The molecule has 0 aliphatic carbocycles. The summed E-state index contributed by atoms with van der Waals surface area (Å²) in [5.41, 5.74) is 2.59. The highest BCUT2D eigenvalue weighted by Gasteiger charge is 2.09. The van der Waals surface area contributed by atoms with Gasteiger partial charge in [-0.25, -0.2) is 4.98 Å². The number of para-hydroxylation sites is 1. The van der Waals surface area contributed by atoms with Gasteiger partial charge in [-0.15, -0.1) is 11.3 Å². The number of anilines is 1. The Bertz CT molecular complexity index is 924. The van der Waals surface area contributed by atoms with Gasteiger partial charge in [-0.2, -0.15) is 0 Å². The third-order valence-corrected chi connectivity index (χ3v) is 4.92. The Kier molecular flexibility index (Phi) is 6.75. The predicted octanol–water partition coefficient (Wildman–Crippen LogP) is 3.51. The summed E-state index contributed by atoms with van der Waals surface area (Å²) in [5.74, 6) is 0.368. The second-order valence-electron chi connectivity index (χ2n) is 6.05. The standard InChI is InChI=1S/C21H21N3O3S/c1-27-17-9-7-15(8-10-17)18-14-28-21(24-18)12-11-19(25)22-13-20(26)23-16-5-3-2-4-6-16/h2-10,14H,11-13H2,1H3,(H,22,25)(H,23,26). The van der Waals surface area contributed by atoms with Crippen LogP contribution in [0.1, 0.15) is 11.4 Å². The lowest BCUT2D eigenvalue weighted by Crippen LogP contribution is -2.32. The number of aryl methyl sites for hydroxylation is 1. The Morgan fingerprint density at radius 2 is 1.79 bits per heavy atom. The molecule has 0 aliphatic rings. The number of hydrogen-bond acceptors (Lipinski definition) is 5. The van der Waals surface area contributed by atoms with E-state index < -0.39 is 0 Å². The number of thiazole rings is 1. The van der Waals surface area contributed by atoms with E-state index in [9.17, 15) is 9.59 Å². The number of nitrogens with zero attached hydrogens (tertiary/aromatic N) is 1. The molecular weight excluding hydrogens is 374 g/mol. The molecule has 28 heavy (non-hydrogen) atoms. The highest BCUT2D eigenvalue weighted by Crippen LogP contribution is 2.24. The third kappa shape index (κ3) is 5.65. The summed E-state index contributed by atoms with van der Waals surface area (Å²) >= 11 is 1.52. The average molecular weight is 395 g/mol. The summed E-state index contributed by atoms with van der Waals surface area (Å²) in [6, 6.07) is 16.8. The molecule has 3 rings (SSSR count). The van der Waals surface area contributed by atoms with Crippen molar-refractivity contribution in [3.05, 3.63) is 65.0 Å². The Balaban J connectivity index is 1.43. The molecule has 1 aromatic heterocycles. The normalized spacial score (nSPS) is 10.3. The average Bonchev–Trinajstić information content (AvgIpc) is 3.20.